The lowest BCUT2D eigenvalue weighted by molar-refractivity contribution is 0.592. The van der Waals surface area contributed by atoms with Crippen LogP contribution in [0.5, 0.6) is 0 Å². The number of hydrogen-bond acceptors (Lipinski definition) is 2. The second-order valence-electron chi connectivity index (χ2n) is 6.74. The molecule has 0 N–H and O–H groups in total. The average Bonchev–Trinajstić information content (AvgIpc) is 2.71. The van der Waals surface area contributed by atoms with Crippen molar-refractivity contribution in [2.24, 2.45) is 7.05 Å². The maximum atomic E-state index is 14.5. The molecule has 0 spiro atoms. The van der Waals surface area contributed by atoms with Crippen molar-refractivity contribution in [3.63, 3.8) is 0 Å². The van der Waals surface area contributed by atoms with Crippen molar-refractivity contribution in [1.82, 2.24) is 4.57 Å². The highest BCUT2D eigenvalue weighted by Gasteiger charge is 2.33. The van der Waals surface area contributed by atoms with E-state index in [1.165, 1.54) is 0 Å². The molecule has 4 aromatic rings. The highest BCUT2D eigenvalue weighted by molar-refractivity contribution is 7.85. The van der Waals surface area contributed by atoms with Crippen LogP contribution in [0.4, 0.5) is 0 Å². The molecule has 0 amide bonds. The SMILES string of the molecule is Cc1ccc2c(c1)cc(P(=O)(c1ccccc1)c1ccccc1)c(=O)n2C. The van der Waals surface area contributed by atoms with Crippen LogP contribution in [0.1, 0.15) is 5.56 Å². The second-order valence-corrected chi connectivity index (χ2v) is 9.47. The minimum atomic E-state index is -3.29. The number of nitrogens with zero attached hydrogens (tertiary/aromatic N) is 1. The van der Waals surface area contributed by atoms with Crippen LogP contribution in [0, 0.1) is 6.92 Å². The minimum Gasteiger partial charge on any atom is -0.311 e. The topological polar surface area (TPSA) is 39.1 Å². The molecule has 0 aliphatic heterocycles. The van der Waals surface area contributed by atoms with Crippen molar-refractivity contribution in [3.05, 3.63) is 101 Å². The lowest BCUT2D eigenvalue weighted by atomic mass is 10.1. The van der Waals surface area contributed by atoms with Gasteiger partial charge in [-0.2, -0.15) is 0 Å². The fraction of sp³-hybridized carbons (Fsp3) is 0.0870. The Morgan fingerprint density at radius 3 is 1.89 bits per heavy atom. The summed E-state index contributed by atoms with van der Waals surface area (Å²) in [5.41, 5.74) is 1.71. The Kier molecular flexibility index (Phi) is 4.33. The van der Waals surface area contributed by atoms with Crippen LogP contribution in [-0.4, -0.2) is 4.57 Å². The predicted octanol–water partition coefficient (Wildman–Crippen LogP) is 3.49. The van der Waals surface area contributed by atoms with Gasteiger partial charge in [0.2, 0.25) is 0 Å². The number of aromatic nitrogens is 1. The van der Waals surface area contributed by atoms with E-state index < -0.39 is 7.14 Å². The molecule has 0 radical (unpaired) electrons. The van der Waals surface area contributed by atoms with Gasteiger partial charge in [0.15, 0.2) is 7.14 Å². The first-order chi connectivity index (χ1) is 13.0. The van der Waals surface area contributed by atoms with E-state index in [0.717, 1.165) is 16.5 Å². The lowest BCUT2D eigenvalue weighted by Crippen LogP contribution is -2.38. The van der Waals surface area contributed by atoms with E-state index >= 15 is 0 Å². The third-order valence-corrected chi connectivity index (χ3v) is 7.99. The van der Waals surface area contributed by atoms with Crippen LogP contribution in [0.3, 0.4) is 0 Å². The van der Waals surface area contributed by atoms with Crippen LogP contribution in [0.15, 0.2) is 89.7 Å². The van der Waals surface area contributed by atoms with Crippen LogP contribution >= 0.6 is 7.14 Å². The highest BCUT2D eigenvalue weighted by atomic mass is 31.2. The first-order valence-corrected chi connectivity index (χ1v) is 10.5. The van der Waals surface area contributed by atoms with Crippen molar-refractivity contribution in [1.29, 1.82) is 0 Å². The minimum absolute atomic E-state index is 0.220. The molecular weight excluding hydrogens is 353 g/mol. The van der Waals surface area contributed by atoms with Gasteiger partial charge in [0.1, 0.15) is 0 Å². The Morgan fingerprint density at radius 2 is 1.33 bits per heavy atom. The Labute approximate surface area is 158 Å². The summed E-state index contributed by atoms with van der Waals surface area (Å²) >= 11 is 0. The molecule has 0 atom stereocenters. The van der Waals surface area contributed by atoms with E-state index in [9.17, 15) is 9.36 Å². The zero-order valence-electron chi connectivity index (χ0n) is 15.3. The first kappa shape index (κ1) is 17.5. The second kappa shape index (κ2) is 6.68. The smallest absolute Gasteiger partial charge is 0.262 e. The molecule has 1 aromatic heterocycles. The molecule has 3 nitrogen and oxygen atoms in total. The third-order valence-electron chi connectivity index (χ3n) is 4.94. The quantitative estimate of drug-likeness (QED) is 0.516. The number of fused-ring (bicyclic) bond motifs is 1. The van der Waals surface area contributed by atoms with Crippen molar-refractivity contribution < 1.29 is 4.57 Å². The van der Waals surface area contributed by atoms with Gasteiger partial charge in [-0.3, -0.25) is 4.79 Å². The zero-order chi connectivity index (χ0) is 19.0. The molecule has 4 heteroatoms. The van der Waals surface area contributed by atoms with E-state index in [0.29, 0.717) is 15.9 Å². The van der Waals surface area contributed by atoms with E-state index in [4.69, 9.17) is 0 Å². The van der Waals surface area contributed by atoms with Gasteiger partial charge in [-0.15, -0.1) is 0 Å². The molecule has 0 fully saturated rings. The summed E-state index contributed by atoms with van der Waals surface area (Å²) in [7, 11) is -1.55. The molecule has 4 rings (SSSR count). The van der Waals surface area contributed by atoms with Gasteiger partial charge < -0.3 is 9.13 Å². The highest BCUT2D eigenvalue weighted by Crippen LogP contribution is 2.41. The first-order valence-electron chi connectivity index (χ1n) is 8.84. The molecule has 0 saturated carbocycles. The molecule has 0 saturated heterocycles. The molecule has 0 aliphatic carbocycles. The van der Waals surface area contributed by atoms with Gasteiger partial charge in [-0.05, 0) is 30.5 Å². The lowest BCUT2D eigenvalue weighted by Gasteiger charge is -2.20. The summed E-state index contributed by atoms with van der Waals surface area (Å²) in [4.78, 5) is 13.3. The fourth-order valence-electron chi connectivity index (χ4n) is 3.51. The molecule has 0 unspecified atom stereocenters. The third kappa shape index (κ3) is 2.85. The van der Waals surface area contributed by atoms with Gasteiger partial charge >= 0.3 is 0 Å². The largest absolute Gasteiger partial charge is 0.311 e. The van der Waals surface area contributed by atoms with Gasteiger partial charge in [0.05, 0.1) is 10.8 Å². The molecule has 134 valence electrons. The molecular formula is C23H20NO2P. The molecule has 0 bridgehead atoms. The number of rotatable bonds is 3. The van der Waals surface area contributed by atoms with Crippen molar-refractivity contribution in [2.75, 3.05) is 0 Å². The average molecular weight is 373 g/mol. The standard InChI is InChI=1S/C23H20NO2P/c1-17-13-14-21-18(15-17)16-22(23(25)24(21)2)27(26,19-9-5-3-6-10-19)20-11-7-4-8-12-20/h3-16H,1-2H3. The Morgan fingerprint density at radius 1 is 0.778 bits per heavy atom. The van der Waals surface area contributed by atoms with Crippen molar-refractivity contribution in [3.8, 4) is 0 Å². The zero-order valence-corrected chi connectivity index (χ0v) is 16.2. The van der Waals surface area contributed by atoms with Crippen LogP contribution in [0.25, 0.3) is 10.9 Å². The van der Waals surface area contributed by atoms with Crippen LogP contribution in [0.2, 0.25) is 0 Å². The summed E-state index contributed by atoms with van der Waals surface area (Å²) in [5, 5.41) is 2.60. The Bertz CT molecular complexity index is 1180. The van der Waals surface area contributed by atoms with E-state index in [1.807, 2.05) is 91.9 Å². The van der Waals surface area contributed by atoms with Crippen LogP contribution in [-0.2, 0) is 11.6 Å². The van der Waals surface area contributed by atoms with Gasteiger partial charge in [0, 0.05) is 17.7 Å². The molecule has 27 heavy (non-hydrogen) atoms. The van der Waals surface area contributed by atoms with E-state index in [2.05, 4.69) is 0 Å². The van der Waals surface area contributed by atoms with E-state index in [-0.39, 0.29) is 5.56 Å². The number of benzene rings is 3. The Hall–Kier alpha value is -2.90. The maximum Gasteiger partial charge on any atom is 0.262 e. The molecule has 3 aromatic carbocycles. The van der Waals surface area contributed by atoms with Crippen LogP contribution < -0.4 is 21.5 Å². The molecule has 1 heterocycles. The van der Waals surface area contributed by atoms with Gasteiger partial charge in [-0.1, -0.05) is 72.3 Å². The van der Waals surface area contributed by atoms with Crippen molar-refractivity contribution >= 4 is 34.0 Å². The number of hydrogen-bond donors (Lipinski definition) is 0. The van der Waals surface area contributed by atoms with Gasteiger partial charge in [0.25, 0.3) is 5.56 Å². The Balaban J connectivity index is 2.13. The monoisotopic (exact) mass is 373 g/mol. The maximum absolute atomic E-state index is 14.5. The molecule has 0 aliphatic rings. The summed E-state index contributed by atoms with van der Waals surface area (Å²) in [5.74, 6) is 0. The fourth-order valence-corrected chi connectivity index (χ4v) is 6.29. The number of aryl methyl sites for hydroxylation is 2. The predicted molar refractivity (Wildman–Crippen MR) is 113 cm³/mol. The normalized spacial score (nSPS) is 11.6. The van der Waals surface area contributed by atoms with Gasteiger partial charge in [-0.25, -0.2) is 0 Å². The van der Waals surface area contributed by atoms with Crippen molar-refractivity contribution in [2.45, 2.75) is 6.92 Å². The summed E-state index contributed by atoms with van der Waals surface area (Å²) in [6.07, 6.45) is 0. The van der Waals surface area contributed by atoms with E-state index in [1.54, 1.807) is 11.6 Å². The summed E-state index contributed by atoms with van der Waals surface area (Å²) < 4.78 is 16.1. The summed E-state index contributed by atoms with van der Waals surface area (Å²) in [6, 6.07) is 26.3. The summed E-state index contributed by atoms with van der Waals surface area (Å²) in [6.45, 7) is 2.01. The number of pyridine rings is 1.